The van der Waals surface area contributed by atoms with Crippen LogP contribution in [-0.4, -0.2) is 83.3 Å². The summed E-state index contributed by atoms with van der Waals surface area (Å²) in [5.74, 6) is -0.175. The maximum Gasteiger partial charge on any atom is 0.411 e. The van der Waals surface area contributed by atoms with E-state index in [1.54, 1.807) is 4.90 Å². The summed E-state index contributed by atoms with van der Waals surface area (Å²) in [6, 6.07) is -0.933. The van der Waals surface area contributed by atoms with Crippen molar-refractivity contribution in [2.45, 2.75) is 38.9 Å². The molecule has 0 saturated carbocycles. The first kappa shape index (κ1) is 17.5. The van der Waals surface area contributed by atoms with Crippen LogP contribution in [0.1, 0.15) is 26.7 Å². The van der Waals surface area contributed by atoms with Gasteiger partial charge in [0.2, 0.25) is 11.8 Å². The van der Waals surface area contributed by atoms with Crippen LogP contribution in [0.5, 0.6) is 0 Å². The molecule has 3 unspecified atom stereocenters. The molecule has 2 saturated heterocycles. The van der Waals surface area contributed by atoms with Crippen LogP contribution >= 0.6 is 0 Å². The molecule has 0 spiro atoms. The second-order valence-corrected chi connectivity index (χ2v) is 6.15. The summed E-state index contributed by atoms with van der Waals surface area (Å²) in [5, 5.41) is 9.63. The summed E-state index contributed by atoms with van der Waals surface area (Å²) < 4.78 is 4.79. The largest absolute Gasteiger partial charge is 0.453 e. The van der Waals surface area contributed by atoms with Gasteiger partial charge < -0.3 is 19.6 Å². The maximum atomic E-state index is 12.6. The molecule has 1 N–H and O–H groups in total. The van der Waals surface area contributed by atoms with Gasteiger partial charge in [-0.25, -0.2) is 4.79 Å². The quantitative estimate of drug-likeness (QED) is 0.776. The number of fused-ring (bicyclic) bond motifs is 1. The number of piperazine rings is 1. The summed E-state index contributed by atoms with van der Waals surface area (Å²) in [7, 11) is 1.29. The van der Waals surface area contributed by atoms with E-state index in [-0.39, 0.29) is 31.3 Å². The molecule has 8 heteroatoms. The number of methoxy groups -OCH3 is 1. The molecule has 0 aromatic rings. The van der Waals surface area contributed by atoms with Gasteiger partial charge in [-0.3, -0.25) is 14.5 Å². The fraction of sp³-hybridized carbons (Fsp3) is 0.800. The standard InChI is InChI=1S/C15H25N3O5/c1-4-10(2)7-16-8-12-17(15(22)23-3)6-5-13(20)18(12)11(9-19)14(16)21/h10-12,19H,4-9H2,1-3H3. The number of hydrogen-bond acceptors (Lipinski definition) is 5. The molecule has 0 aromatic heterocycles. The monoisotopic (exact) mass is 327 g/mol. The lowest BCUT2D eigenvalue weighted by Gasteiger charge is -2.51. The zero-order valence-electron chi connectivity index (χ0n) is 13.9. The van der Waals surface area contributed by atoms with E-state index in [9.17, 15) is 19.5 Å². The molecular formula is C15H25N3O5. The van der Waals surface area contributed by atoms with Crippen LogP contribution < -0.4 is 0 Å². The zero-order valence-corrected chi connectivity index (χ0v) is 13.9. The molecule has 3 atom stereocenters. The fourth-order valence-electron chi connectivity index (χ4n) is 3.16. The number of aliphatic hydroxyl groups excluding tert-OH is 1. The van der Waals surface area contributed by atoms with Gasteiger partial charge in [-0.15, -0.1) is 0 Å². The third kappa shape index (κ3) is 3.26. The van der Waals surface area contributed by atoms with Crippen molar-refractivity contribution < 1.29 is 24.2 Å². The third-order valence-electron chi connectivity index (χ3n) is 4.66. The maximum absolute atomic E-state index is 12.6. The smallest absolute Gasteiger partial charge is 0.411 e. The average molecular weight is 327 g/mol. The Balaban J connectivity index is 2.29. The van der Waals surface area contributed by atoms with Gasteiger partial charge in [0.15, 0.2) is 0 Å². The van der Waals surface area contributed by atoms with Gasteiger partial charge in [-0.2, -0.15) is 0 Å². The second-order valence-electron chi connectivity index (χ2n) is 6.15. The van der Waals surface area contributed by atoms with E-state index < -0.39 is 24.9 Å². The highest BCUT2D eigenvalue weighted by atomic mass is 16.5. The Morgan fingerprint density at radius 1 is 1.43 bits per heavy atom. The Morgan fingerprint density at radius 2 is 2.13 bits per heavy atom. The molecule has 2 fully saturated rings. The number of carbonyl (C=O) groups excluding carboxylic acids is 3. The van der Waals surface area contributed by atoms with Crippen molar-refractivity contribution in [1.82, 2.24) is 14.7 Å². The molecular weight excluding hydrogens is 302 g/mol. The van der Waals surface area contributed by atoms with Gasteiger partial charge >= 0.3 is 6.09 Å². The predicted octanol–water partition coefficient (Wildman–Crippen LogP) is -0.138. The minimum atomic E-state index is -0.933. The average Bonchev–Trinajstić information content (AvgIpc) is 2.55. The van der Waals surface area contributed by atoms with E-state index in [0.717, 1.165) is 6.42 Å². The number of nitrogens with zero attached hydrogens (tertiary/aromatic N) is 3. The summed E-state index contributed by atoms with van der Waals surface area (Å²) in [6.45, 7) is 4.68. The van der Waals surface area contributed by atoms with E-state index in [1.165, 1.54) is 16.9 Å². The Kier molecular flexibility index (Phi) is 5.46. The van der Waals surface area contributed by atoms with Crippen LogP contribution in [0, 0.1) is 5.92 Å². The number of rotatable bonds is 4. The Morgan fingerprint density at radius 3 is 2.70 bits per heavy atom. The summed E-state index contributed by atoms with van der Waals surface area (Å²) >= 11 is 0. The Bertz CT molecular complexity index is 484. The molecule has 0 aliphatic carbocycles. The molecule has 130 valence electrons. The van der Waals surface area contributed by atoms with Crippen molar-refractivity contribution in [2.75, 3.05) is 33.4 Å². The molecule has 2 heterocycles. The van der Waals surface area contributed by atoms with Crippen molar-refractivity contribution >= 4 is 17.9 Å². The van der Waals surface area contributed by atoms with Gasteiger partial charge in [-0.1, -0.05) is 20.3 Å². The number of hydrogen-bond donors (Lipinski definition) is 1. The SMILES string of the molecule is CCC(C)CN1CC2N(C(=O)OC)CCC(=O)N2C(CO)C1=O. The van der Waals surface area contributed by atoms with E-state index in [4.69, 9.17) is 4.74 Å². The van der Waals surface area contributed by atoms with E-state index >= 15 is 0 Å². The normalized spacial score (nSPS) is 26.2. The third-order valence-corrected chi connectivity index (χ3v) is 4.66. The minimum absolute atomic E-state index is 0.126. The van der Waals surface area contributed by atoms with Crippen molar-refractivity contribution in [2.24, 2.45) is 5.92 Å². The van der Waals surface area contributed by atoms with Gasteiger partial charge in [0.1, 0.15) is 12.2 Å². The van der Waals surface area contributed by atoms with Crippen LogP contribution in [0.3, 0.4) is 0 Å². The van der Waals surface area contributed by atoms with Crippen LogP contribution in [0.4, 0.5) is 4.79 Å². The van der Waals surface area contributed by atoms with Gasteiger partial charge in [-0.05, 0) is 5.92 Å². The summed E-state index contributed by atoms with van der Waals surface area (Å²) in [6.07, 6.45) is -0.0628. The number of ether oxygens (including phenoxy) is 1. The van der Waals surface area contributed by atoms with Crippen LogP contribution in [-0.2, 0) is 14.3 Å². The molecule has 0 aromatic carbocycles. The number of aliphatic hydroxyl groups is 1. The van der Waals surface area contributed by atoms with Crippen LogP contribution in [0.2, 0.25) is 0 Å². The first-order chi connectivity index (χ1) is 10.9. The molecule has 2 aliphatic heterocycles. The molecule has 23 heavy (non-hydrogen) atoms. The highest BCUT2D eigenvalue weighted by Crippen LogP contribution is 2.26. The highest BCUT2D eigenvalue weighted by molar-refractivity contribution is 5.90. The van der Waals surface area contributed by atoms with Gasteiger partial charge in [0.25, 0.3) is 0 Å². The van der Waals surface area contributed by atoms with Crippen LogP contribution in [0.25, 0.3) is 0 Å². The predicted molar refractivity (Wildman–Crippen MR) is 81.3 cm³/mol. The molecule has 2 rings (SSSR count). The van der Waals surface area contributed by atoms with Gasteiger partial charge in [0.05, 0.1) is 20.3 Å². The molecule has 8 nitrogen and oxygen atoms in total. The Labute approximate surface area is 136 Å². The molecule has 0 radical (unpaired) electrons. The molecule has 0 bridgehead atoms. The fourth-order valence-corrected chi connectivity index (χ4v) is 3.16. The van der Waals surface area contributed by atoms with Crippen LogP contribution in [0.15, 0.2) is 0 Å². The topological polar surface area (TPSA) is 90.4 Å². The van der Waals surface area contributed by atoms with Crippen molar-refractivity contribution in [3.8, 4) is 0 Å². The zero-order chi connectivity index (χ0) is 17.1. The lowest BCUT2D eigenvalue weighted by molar-refractivity contribution is -0.170. The highest BCUT2D eigenvalue weighted by Gasteiger charge is 2.48. The summed E-state index contributed by atoms with van der Waals surface area (Å²) in [4.78, 5) is 41.3. The van der Waals surface area contributed by atoms with Crippen molar-refractivity contribution in [1.29, 1.82) is 0 Å². The minimum Gasteiger partial charge on any atom is -0.453 e. The Hall–Kier alpha value is -1.83. The van der Waals surface area contributed by atoms with Crippen molar-refractivity contribution in [3.63, 3.8) is 0 Å². The first-order valence-corrected chi connectivity index (χ1v) is 7.99. The number of carbonyl (C=O) groups is 3. The van der Waals surface area contributed by atoms with Gasteiger partial charge in [0, 0.05) is 19.5 Å². The first-order valence-electron chi connectivity index (χ1n) is 7.99. The van der Waals surface area contributed by atoms with E-state index in [2.05, 4.69) is 0 Å². The molecule has 2 aliphatic rings. The van der Waals surface area contributed by atoms with E-state index in [0.29, 0.717) is 12.5 Å². The molecule has 3 amide bonds. The van der Waals surface area contributed by atoms with Crippen molar-refractivity contribution in [3.05, 3.63) is 0 Å². The van der Waals surface area contributed by atoms with E-state index in [1.807, 2.05) is 13.8 Å². The summed E-state index contributed by atoms with van der Waals surface area (Å²) in [5.41, 5.74) is 0. The number of amides is 3. The lowest BCUT2D eigenvalue weighted by Crippen LogP contribution is -2.72. The lowest BCUT2D eigenvalue weighted by atomic mass is 10.0. The second kappa shape index (κ2) is 7.16.